The van der Waals surface area contributed by atoms with E-state index in [0.717, 1.165) is 50.5 Å². The first-order valence-corrected chi connectivity index (χ1v) is 10.7. The second kappa shape index (κ2) is 8.54. The number of ether oxygens (including phenoxy) is 1. The zero-order valence-corrected chi connectivity index (χ0v) is 16.6. The summed E-state index contributed by atoms with van der Waals surface area (Å²) in [6.07, 6.45) is 3.02. The predicted octanol–water partition coefficient (Wildman–Crippen LogP) is 4.94. The average molecular weight is 410 g/mol. The van der Waals surface area contributed by atoms with Crippen molar-refractivity contribution in [3.05, 3.63) is 23.8 Å². The molecule has 2 fully saturated rings. The van der Waals surface area contributed by atoms with Gasteiger partial charge in [0.2, 0.25) is 5.91 Å². The summed E-state index contributed by atoms with van der Waals surface area (Å²) in [6, 6.07) is 3.28. The summed E-state index contributed by atoms with van der Waals surface area (Å²) in [5.41, 5.74) is -0.669. The van der Waals surface area contributed by atoms with E-state index in [4.69, 9.17) is 4.74 Å². The Labute approximate surface area is 169 Å². The van der Waals surface area contributed by atoms with Gasteiger partial charge in [0.15, 0.2) is 0 Å². The quantitative estimate of drug-likeness (QED) is 0.751. The van der Waals surface area contributed by atoms with E-state index in [1.165, 1.54) is 31.7 Å². The van der Waals surface area contributed by atoms with Gasteiger partial charge in [-0.3, -0.25) is 4.79 Å². The topological polar surface area (TPSA) is 41.6 Å². The van der Waals surface area contributed by atoms with Crippen LogP contribution in [0, 0.1) is 17.8 Å². The van der Waals surface area contributed by atoms with Crippen molar-refractivity contribution in [2.24, 2.45) is 17.8 Å². The first kappa shape index (κ1) is 20.5. The zero-order valence-electron chi connectivity index (χ0n) is 16.6. The normalized spacial score (nSPS) is 26.9. The Morgan fingerprint density at radius 1 is 1.10 bits per heavy atom. The highest BCUT2D eigenvalue weighted by atomic mass is 19.4. The Balaban J connectivity index is 1.45. The number of halogens is 3. The first-order valence-electron chi connectivity index (χ1n) is 10.7. The molecular weight excluding hydrogens is 381 g/mol. The Hall–Kier alpha value is -1.76. The van der Waals surface area contributed by atoms with Gasteiger partial charge in [0.25, 0.3) is 0 Å². The SMILES string of the molecule is O=C1C[C@@H]2CCN(CC3CCCC3)C[C@@H]2CCOc2ccc(C(F)(F)F)cc2N1. The number of rotatable bonds is 2. The lowest BCUT2D eigenvalue weighted by Gasteiger charge is -2.40. The highest BCUT2D eigenvalue weighted by Gasteiger charge is 2.34. The van der Waals surface area contributed by atoms with Gasteiger partial charge in [-0.15, -0.1) is 0 Å². The number of benzene rings is 1. The second-order valence-corrected chi connectivity index (χ2v) is 8.82. The Kier molecular flexibility index (Phi) is 6.04. The molecule has 7 heteroatoms. The number of hydrogen-bond acceptors (Lipinski definition) is 3. The molecule has 2 heterocycles. The largest absolute Gasteiger partial charge is 0.491 e. The summed E-state index contributed by atoms with van der Waals surface area (Å²) < 4.78 is 44.9. The number of carbonyl (C=O) groups excluding carboxylic acids is 1. The van der Waals surface area contributed by atoms with Gasteiger partial charge in [0.1, 0.15) is 5.75 Å². The summed E-state index contributed by atoms with van der Waals surface area (Å²) in [7, 11) is 0. The minimum Gasteiger partial charge on any atom is -0.491 e. The van der Waals surface area contributed by atoms with Gasteiger partial charge in [0.05, 0.1) is 17.9 Å². The number of likely N-dealkylation sites (tertiary alicyclic amines) is 1. The van der Waals surface area contributed by atoms with Crippen molar-refractivity contribution in [3.63, 3.8) is 0 Å². The van der Waals surface area contributed by atoms with Crippen LogP contribution in [-0.2, 0) is 11.0 Å². The molecule has 1 aliphatic carbocycles. The van der Waals surface area contributed by atoms with Crippen LogP contribution in [0.5, 0.6) is 5.75 Å². The molecule has 160 valence electrons. The highest BCUT2D eigenvalue weighted by molar-refractivity contribution is 5.92. The summed E-state index contributed by atoms with van der Waals surface area (Å²) in [6.45, 7) is 3.59. The molecule has 1 saturated carbocycles. The van der Waals surface area contributed by atoms with Crippen molar-refractivity contribution in [2.75, 3.05) is 31.6 Å². The van der Waals surface area contributed by atoms with Crippen molar-refractivity contribution in [1.29, 1.82) is 0 Å². The summed E-state index contributed by atoms with van der Waals surface area (Å²) in [4.78, 5) is 15.1. The molecule has 1 N–H and O–H groups in total. The van der Waals surface area contributed by atoms with Crippen LogP contribution in [0.4, 0.5) is 18.9 Å². The number of carbonyl (C=O) groups is 1. The third-order valence-corrected chi connectivity index (χ3v) is 6.74. The van der Waals surface area contributed by atoms with E-state index in [2.05, 4.69) is 10.2 Å². The van der Waals surface area contributed by atoms with Crippen LogP contribution < -0.4 is 10.1 Å². The van der Waals surface area contributed by atoms with Crippen molar-refractivity contribution in [3.8, 4) is 5.75 Å². The van der Waals surface area contributed by atoms with Crippen LogP contribution in [0.2, 0.25) is 0 Å². The minimum atomic E-state index is -4.45. The molecule has 3 aliphatic rings. The lowest BCUT2D eigenvalue weighted by Crippen LogP contribution is -2.44. The number of piperidine rings is 1. The van der Waals surface area contributed by atoms with E-state index in [1.807, 2.05) is 0 Å². The van der Waals surface area contributed by atoms with E-state index in [9.17, 15) is 18.0 Å². The molecule has 0 unspecified atom stereocenters. The fourth-order valence-corrected chi connectivity index (χ4v) is 5.17. The fourth-order valence-electron chi connectivity index (χ4n) is 5.17. The van der Waals surface area contributed by atoms with E-state index in [-0.39, 0.29) is 17.5 Å². The molecule has 0 radical (unpaired) electrons. The zero-order chi connectivity index (χ0) is 20.4. The van der Waals surface area contributed by atoms with E-state index in [0.29, 0.717) is 24.7 Å². The molecule has 29 heavy (non-hydrogen) atoms. The maximum absolute atomic E-state index is 13.0. The minimum absolute atomic E-state index is 0.113. The number of hydrogen-bond donors (Lipinski definition) is 1. The fraction of sp³-hybridized carbons (Fsp3) is 0.682. The number of alkyl halides is 3. The molecule has 2 aliphatic heterocycles. The van der Waals surface area contributed by atoms with Crippen LogP contribution in [0.15, 0.2) is 18.2 Å². The predicted molar refractivity (Wildman–Crippen MR) is 105 cm³/mol. The van der Waals surface area contributed by atoms with E-state index in [1.54, 1.807) is 0 Å². The Morgan fingerprint density at radius 2 is 1.90 bits per heavy atom. The Bertz CT molecular complexity index is 731. The summed E-state index contributed by atoms with van der Waals surface area (Å²) in [5, 5.41) is 2.67. The van der Waals surface area contributed by atoms with Gasteiger partial charge in [0, 0.05) is 19.5 Å². The molecule has 0 bridgehead atoms. The number of fused-ring (bicyclic) bond motifs is 2. The average Bonchev–Trinajstić information content (AvgIpc) is 3.17. The molecule has 0 spiro atoms. The van der Waals surface area contributed by atoms with E-state index >= 15 is 0 Å². The third kappa shape index (κ3) is 5.05. The number of amides is 1. The van der Waals surface area contributed by atoms with Gasteiger partial charge in [-0.1, -0.05) is 12.8 Å². The smallest absolute Gasteiger partial charge is 0.416 e. The van der Waals surface area contributed by atoms with Crippen LogP contribution >= 0.6 is 0 Å². The molecule has 1 aromatic carbocycles. The highest BCUT2D eigenvalue weighted by Crippen LogP contribution is 2.37. The lowest BCUT2D eigenvalue weighted by atomic mass is 9.80. The lowest BCUT2D eigenvalue weighted by molar-refractivity contribution is -0.137. The van der Waals surface area contributed by atoms with Crippen molar-refractivity contribution < 1.29 is 22.7 Å². The van der Waals surface area contributed by atoms with Crippen molar-refractivity contribution in [1.82, 2.24) is 4.90 Å². The standard InChI is InChI=1S/C22H29F3N2O2/c23-22(24,25)18-5-6-20-19(12-18)26-21(28)11-16-7-9-27(13-15-3-1-2-4-15)14-17(16)8-10-29-20/h5-6,12,15-17H,1-4,7-11,13-14H2,(H,26,28)/t16-,17-/m0/s1. The van der Waals surface area contributed by atoms with Crippen LogP contribution in [-0.4, -0.2) is 37.0 Å². The summed E-state index contributed by atoms with van der Waals surface area (Å²) in [5.74, 6) is 1.52. The molecule has 2 atom stereocenters. The number of nitrogens with zero attached hydrogens (tertiary/aromatic N) is 1. The molecule has 1 saturated heterocycles. The molecule has 0 aromatic heterocycles. The maximum Gasteiger partial charge on any atom is 0.416 e. The molecular formula is C22H29F3N2O2. The van der Waals surface area contributed by atoms with Crippen LogP contribution in [0.3, 0.4) is 0 Å². The van der Waals surface area contributed by atoms with Crippen molar-refractivity contribution in [2.45, 2.75) is 51.1 Å². The second-order valence-electron chi connectivity index (χ2n) is 8.82. The number of anilines is 1. The van der Waals surface area contributed by atoms with Crippen molar-refractivity contribution >= 4 is 11.6 Å². The van der Waals surface area contributed by atoms with Crippen LogP contribution in [0.25, 0.3) is 0 Å². The molecule has 1 amide bonds. The monoisotopic (exact) mass is 410 g/mol. The van der Waals surface area contributed by atoms with Gasteiger partial charge < -0.3 is 15.0 Å². The van der Waals surface area contributed by atoms with Gasteiger partial charge in [-0.2, -0.15) is 13.2 Å². The molecule has 4 nitrogen and oxygen atoms in total. The first-order chi connectivity index (χ1) is 13.9. The summed E-state index contributed by atoms with van der Waals surface area (Å²) >= 11 is 0. The van der Waals surface area contributed by atoms with Gasteiger partial charge in [-0.05, 0) is 68.2 Å². The third-order valence-electron chi connectivity index (χ3n) is 6.74. The van der Waals surface area contributed by atoms with Crippen LogP contribution in [0.1, 0.15) is 50.5 Å². The molecule has 4 rings (SSSR count). The Morgan fingerprint density at radius 3 is 2.66 bits per heavy atom. The molecule has 1 aromatic rings. The number of nitrogens with one attached hydrogen (secondary N) is 1. The van der Waals surface area contributed by atoms with Gasteiger partial charge in [-0.25, -0.2) is 0 Å². The van der Waals surface area contributed by atoms with Gasteiger partial charge >= 0.3 is 6.18 Å². The van der Waals surface area contributed by atoms with E-state index < -0.39 is 11.7 Å². The maximum atomic E-state index is 13.0.